The Kier molecular flexibility index (Phi) is 6.80. The van der Waals surface area contributed by atoms with Crippen molar-refractivity contribution in [3.63, 3.8) is 0 Å². The molecule has 2 atom stereocenters. The first kappa shape index (κ1) is 15.9. The number of hydrogen-bond donors (Lipinski definition) is 0. The van der Waals surface area contributed by atoms with E-state index in [1.807, 2.05) is 6.92 Å². The van der Waals surface area contributed by atoms with Gasteiger partial charge in [-0.2, -0.15) is 0 Å². The van der Waals surface area contributed by atoms with Crippen molar-refractivity contribution >= 4 is 11.9 Å². The van der Waals surface area contributed by atoms with Gasteiger partial charge in [-0.1, -0.05) is 0 Å². The molecule has 19 heavy (non-hydrogen) atoms. The Morgan fingerprint density at radius 3 is 2.58 bits per heavy atom. The van der Waals surface area contributed by atoms with E-state index in [9.17, 15) is 9.59 Å². The number of hydrogen-bond acceptors (Lipinski definition) is 5. The molecule has 110 valence electrons. The molecule has 0 aromatic heterocycles. The third-order valence-corrected chi connectivity index (χ3v) is 3.24. The molecule has 1 rings (SSSR count). The quantitative estimate of drug-likeness (QED) is 0.630. The van der Waals surface area contributed by atoms with Crippen molar-refractivity contribution in [2.75, 3.05) is 40.5 Å². The fourth-order valence-corrected chi connectivity index (χ4v) is 2.11. The van der Waals surface area contributed by atoms with Crippen LogP contribution in [-0.4, -0.2) is 63.4 Å². The topological polar surface area (TPSA) is 65.1 Å². The zero-order valence-corrected chi connectivity index (χ0v) is 11.9. The number of amides is 1. The van der Waals surface area contributed by atoms with Gasteiger partial charge >= 0.3 is 5.97 Å². The van der Waals surface area contributed by atoms with Gasteiger partial charge in [0.1, 0.15) is 0 Å². The van der Waals surface area contributed by atoms with Gasteiger partial charge in [0.05, 0.1) is 38.8 Å². The van der Waals surface area contributed by atoms with Crippen LogP contribution in [0.3, 0.4) is 0 Å². The molecule has 0 spiro atoms. The van der Waals surface area contributed by atoms with Crippen molar-refractivity contribution in [1.82, 2.24) is 4.90 Å². The predicted molar refractivity (Wildman–Crippen MR) is 68.6 cm³/mol. The molecule has 1 aliphatic heterocycles. The molecule has 0 N–H and O–H groups in total. The molecule has 0 aromatic rings. The largest absolute Gasteiger partial charge is 0.469 e. The van der Waals surface area contributed by atoms with Crippen LogP contribution in [-0.2, 0) is 23.8 Å². The molecule has 0 aliphatic carbocycles. The average Bonchev–Trinajstić information content (AvgIpc) is 2.84. The predicted octanol–water partition coefficient (Wildman–Crippen LogP) is 0.450. The second-order valence-corrected chi connectivity index (χ2v) is 4.72. The van der Waals surface area contributed by atoms with E-state index in [0.717, 1.165) is 6.42 Å². The van der Waals surface area contributed by atoms with Crippen LogP contribution in [0.15, 0.2) is 0 Å². The fraction of sp³-hybridized carbons (Fsp3) is 0.846. The summed E-state index contributed by atoms with van der Waals surface area (Å²) in [6, 6.07) is 0. The number of methoxy groups -OCH3 is 2. The van der Waals surface area contributed by atoms with Crippen molar-refractivity contribution in [2.45, 2.75) is 25.9 Å². The van der Waals surface area contributed by atoms with Gasteiger partial charge in [0, 0.05) is 20.2 Å². The third kappa shape index (κ3) is 5.16. The van der Waals surface area contributed by atoms with E-state index in [2.05, 4.69) is 4.74 Å². The number of ether oxygens (including phenoxy) is 3. The standard InChI is InChI=1S/C13H23NO5/c1-10-8-11(9-19-10)13(16)14(6-7-17-2)5-4-12(15)18-3/h10-11H,4-9H2,1-3H3. The van der Waals surface area contributed by atoms with E-state index in [1.165, 1.54) is 7.11 Å². The van der Waals surface area contributed by atoms with E-state index >= 15 is 0 Å². The van der Waals surface area contributed by atoms with Crippen molar-refractivity contribution < 1.29 is 23.8 Å². The normalized spacial score (nSPS) is 22.3. The smallest absolute Gasteiger partial charge is 0.307 e. The second kappa shape index (κ2) is 8.12. The van der Waals surface area contributed by atoms with Crippen molar-refractivity contribution in [2.24, 2.45) is 5.92 Å². The van der Waals surface area contributed by atoms with Gasteiger partial charge in [-0.25, -0.2) is 0 Å². The maximum atomic E-state index is 12.3. The molecule has 0 bridgehead atoms. The van der Waals surface area contributed by atoms with E-state index in [1.54, 1.807) is 12.0 Å². The molecule has 2 unspecified atom stereocenters. The minimum atomic E-state index is -0.314. The SMILES string of the molecule is COCCN(CCC(=O)OC)C(=O)C1COC(C)C1. The Balaban J connectivity index is 2.51. The minimum absolute atomic E-state index is 0.0327. The van der Waals surface area contributed by atoms with Crippen molar-refractivity contribution in [3.8, 4) is 0 Å². The molecule has 1 fully saturated rings. The summed E-state index contributed by atoms with van der Waals surface area (Å²) in [5, 5.41) is 0. The molecule has 1 saturated heterocycles. The van der Waals surface area contributed by atoms with Crippen LogP contribution in [0.1, 0.15) is 19.8 Å². The van der Waals surface area contributed by atoms with Crippen LogP contribution in [0.25, 0.3) is 0 Å². The van der Waals surface area contributed by atoms with Gasteiger partial charge in [0.25, 0.3) is 0 Å². The molecule has 0 saturated carbocycles. The van der Waals surface area contributed by atoms with E-state index in [0.29, 0.717) is 26.3 Å². The molecule has 0 aromatic carbocycles. The summed E-state index contributed by atoms with van der Waals surface area (Å²) >= 11 is 0. The van der Waals surface area contributed by atoms with Gasteiger partial charge in [0.2, 0.25) is 5.91 Å². The monoisotopic (exact) mass is 273 g/mol. The molecular weight excluding hydrogens is 250 g/mol. The minimum Gasteiger partial charge on any atom is -0.469 e. The summed E-state index contributed by atoms with van der Waals surface area (Å²) in [6.45, 7) is 3.72. The van der Waals surface area contributed by atoms with Crippen LogP contribution in [0.4, 0.5) is 0 Å². The lowest BCUT2D eigenvalue weighted by Crippen LogP contribution is -2.40. The highest BCUT2D eigenvalue weighted by atomic mass is 16.5. The molecule has 1 amide bonds. The Morgan fingerprint density at radius 1 is 1.32 bits per heavy atom. The molecule has 0 radical (unpaired) electrons. The Labute approximate surface area is 114 Å². The Bertz CT molecular complexity index is 307. The van der Waals surface area contributed by atoms with E-state index < -0.39 is 0 Å². The van der Waals surface area contributed by atoms with Crippen LogP contribution >= 0.6 is 0 Å². The van der Waals surface area contributed by atoms with Crippen LogP contribution in [0.2, 0.25) is 0 Å². The Morgan fingerprint density at radius 2 is 2.05 bits per heavy atom. The first-order valence-electron chi connectivity index (χ1n) is 6.54. The first-order valence-corrected chi connectivity index (χ1v) is 6.54. The summed E-state index contributed by atoms with van der Waals surface area (Å²) in [6.07, 6.45) is 1.06. The second-order valence-electron chi connectivity index (χ2n) is 4.72. The lowest BCUT2D eigenvalue weighted by atomic mass is 10.0. The summed E-state index contributed by atoms with van der Waals surface area (Å²) in [4.78, 5) is 25.2. The van der Waals surface area contributed by atoms with Gasteiger partial charge in [-0.15, -0.1) is 0 Å². The van der Waals surface area contributed by atoms with Gasteiger partial charge in [0.15, 0.2) is 0 Å². The number of nitrogens with zero attached hydrogens (tertiary/aromatic N) is 1. The number of carbonyl (C=O) groups excluding carboxylic acids is 2. The zero-order chi connectivity index (χ0) is 14.3. The van der Waals surface area contributed by atoms with Gasteiger partial charge < -0.3 is 19.1 Å². The van der Waals surface area contributed by atoms with E-state index in [4.69, 9.17) is 9.47 Å². The maximum Gasteiger partial charge on any atom is 0.307 e. The van der Waals surface area contributed by atoms with Crippen molar-refractivity contribution in [3.05, 3.63) is 0 Å². The fourth-order valence-electron chi connectivity index (χ4n) is 2.11. The van der Waals surface area contributed by atoms with Crippen LogP contribution in [0.5, 0.6) is 0 Å². The van der Waals surface area contributed by atoms with Crippen LogP contribution < -0.4 is 0 Å². The van der Waals surface area contributed by atoms with Gasteiger partial charge in [-0.3, -0.25) is 9.59 Å². The Hall–Kier alpha value is -1.14. The summed E-state index contributed by atoms with van der Waals surface area (Å²) < 4.78 is 15.0. The first-order chi connectivity index (χ1) is 9.08. The maximum absolute atomic E-state index is 12.3. The average molecular weight is 273 g/mol. The molecule has 1 aliphatic rings. The number of rotatable bonds is 7. The van der Waals surface area contributed by atoms with Crippen molar-refractivity contribution in [1.29, 1.82) is 0 Å². The number of carbonyl (C=O) groups is 2. The highest BCUT2D eigenvalue weighted by Crippen LogP contribution is 2.21. The molecule has 1 heterocycles. The lowest BCUT2D eigenvalue weighted by molar-refractivity contribution is -0.142. The van der Waals surface area contributed by atoms with Gasteiger partial charge in [-0.05, 0) is 13.3 Å². The van der Waals surface area contributed by atoms with Crippen LogP contribution in [0, 0.1) is 5.92 Å². The van der Waals surface area contributed by atoms with E-state index in [-0.39, 0.29) is 30.3 Å². The lowest BCUT2D eigenvalue weighted by Gasteiger charge is -2.24. The molecule has 6 nitrogen and oxygen atoms in total. The summed E-state index contributed by atoms with van der Waals surface area (Å²) in [7, 11) is 2.93. The summed E-state index contributed by atoms with van der Waals surface area (Å²) in [5.74, 6) is -0.388. The summed E-state index contributed by atoms with van der Waals surface area (Å²) in [5.41, 5.74) is 0. The molecular formula is C13H23NO5. The zero-order valence-electron chi connectivity index (χ0n) is 11.9. The highest BCUT2D eigenvalue weighted by molar-refractivity contribution is 5.80. The molecule has 6 heteroatoms. The third-order valence-electron chi connectivity index (χ3n) is 3.24. The highest BCUT2D eigenvalue weighted by Gasteiger charge is 2.31. The number of esters is 1.